The summed E-state index contributed by atoms with van der Waals surface area (Å²) in [5, 5.41) is 3.01. The highest BCUT2D eigenvalue weighted by Crippen LogP contribution is 2.32. The Morgan fingerprint density at radius 2 is 2.00 bits per heavy atom. The third-order valence-corrected chi connectivity index (χ3v) is 4.14. The lowest BCUT2D eigenvalue weighted by Crippen LogP contribution is -2.29. The Kier molecular flexibility index (Phi) is 4.81. The number of amides is 1. The lowest BCUT2D eigenvalue weighted by atomic mass is 10.0. The van der Waals surface area contributed by atoms with Gasteiger partial charge in [0.25, 0.3) is 0 Å². The number of carbonyl (C=O) groups excluding carboxylic acids is 1. The second kappa shape index (κ2) is 7.18. The average Bonchev–Trinajstić information content (AvgIpc) is 3.02. The highest BCUT2D eigenvalue weighted by atomic mass is 16.5. The fraction of sp³-hybridized carbons (Fsp3) is 0.316. The number of hydrogen-bond acceptors (Lipinski definition) is 3. The van der Waals surface area contributed by atoms with Crippen LogP contribution in [0.2, 0.25) is 0 Å². The zero-order valence-corrected chi connectivity index (χ0v) is 13.2. The van der Waals surface area contributed by atoms with Crippen LogP contribution in [0.1, 0.15) is 23.5 Å². The minimum atomic E-state index is 0.0743. The first-order chi connectivity index (χ1) is 11.3. The molecule has 1 aliphatic heterocycles. The van der Waals surface area contributed by atoms with Crippen LogP contribution in [0.15, 0.2) is 48.5 Å². The van der Waals surface area contributed by atoms with Crippen LogP contribution >= 0.6 is 0 Å². The quantitative estimate of drug-likeness (QED) is 0.892. The molecule has 0 spiro atoms. The summed E-state index contributed by atoms with van der Waals surface area (Å²) in [6.45, 7) is 1.26. The van der Waals surface area contributed by atoms with Crippen molar-refractivity contribution in [2.75, 3.05) is 20.3 Å². The maximum Gasteiger partial charge on any atom is 0.220 e. The van der Waals surface area contributed by atoms with Crippen LogP contribution in [0.5, 0.6) is 11.5 Å². The van der Waals surface area contributed by atoms with Gasteiger partial charge in [-0.1, -0.05) is 30.3 Å². The van der Waals surface area contributed by atoms with Gasteiger partial charge in [0, 0.05) is 24.4 Å². The number of rotatable bonds is 6. The summed E-state index contributed by atoms with van der Waals surface area (Å²) in [7, 11) is 1.65. The second-order valence-corrected chi connectivity index (χ2v) is 5.70. The molecule has 2 aromatic carbocycles. The van der Waals surface area contributed by atoms with Crippen molar-refractivity contribution in [3.63, 3.8) is 0 Å². The number of benzene rings is 2. The first-order valence-electron chi connectivity index (χ1n) is 7.87. The summed E-state index contributed by atoms with van der Waals surface area (Å²) >= 11 is 0. The smallest absolute Gasteiger partial charge is 0.220 e. The molecule has 0 aliphatic carbocycles. The van der Waals surface area contributed by atoms with Crippen molar-refractivity contribution in [3.8, 4) is 11.5 Å². The summed E-state index contributed by atoms with van der Waals surface area (Å²) in [6, 6.07) is 15.8. The number of ether oxygens (including phenoxy) is 2. The fourth-order valence-corrected chi connectivity index (χ4v) is 2.77. The molecule has 23 heavy (non-hydrogen) atoms. The van der Waals surface area contributed by atoms with E-state index in [4.69, 9.17) is 9.47 Å². The molecular weight excluding hydrogens is 290 g/mol. The van der Waals surface area contributed by atoms with Crippen molar-refractivity contribution in [2.24, 2.45) is 0 Å². The first-order valence-corrected chi connectivity index (χ1v) is 7.87. The minimum absolute atomic E-state index is 0.0743. The number of nitrogens with one attached hydrogen (secondary N) is 1. The molecule has 120 valence electrons. The van der Waals surface area contributed by atoms with Gasteiger partial charge in [0.15, 0.2) is 0 Å². The maximum absolute atomic E-state index is 12.0. The molecule has 1 aliphatic rings. The molecule has 1 heterocycles. The Morgan fingerprint density at radius 3 is 2.78 bits per heavy atom. The molecule has 0 saturated heterocycles. The van der Waals surface area contributed by atoms with Gasteiger partial charge in [-0.25, -0.2) is 0 Å². The van der Waals surface area contributed by atoms with E-state index in [1.807, 2.05) is 42.5 Å². The van der Waals surface area contributed by atoms with Crippen LogP contribution in [-0.2, 0) is 11.2 Å². The number of para-hydroxylation sites is 1. The molecule has 2 aromatic rings. The zero-order valence-electron chi connectivity index (χ0n) is 13.2. The van der Waals surface area contributed by atoms with Crippen LogP contribution in [0.4, 0.5) is 0 Å². The Bertz CT molecular complexity index is 667. The normalized spacial score (nSPS) is 15.6. The molecule has 0 saturated carbocycles. The molecule has 4 heteroatoms. The van der Waals surface area contributed by atoms with Crippen LogP contribution < -0.4 is 14.8 Å². The van der Waals surface area contributed by atoms with Crippen molar-refractivity contribution in [2.45, 2.75) is 18.8 Å². The fourth-order valence-electron chi connectivity index (χ4n) is 2.77. The van der Waals surface area contributed by atoms with Crippen molar-refractivity contribution in [1.82, 2.24) is 5.32 Å². The topological polar surface area (TPSA) is 47.6 Å². The van der Waals surface area contributed by atoms with E-state index in [2.05, 4.69) is 11.4 Å². The molecule has 1 atom stereocenters. The van der Waals surface area contributed by atoms with Crippen molar-refractivity contribution in [1.29, 1.82) is 0 Å². The summed E-state index contributed by atoms with van der Waals surface area (Å²) < 4.78 is 10.8. The molecule has 3 rings (SSSR count). The molecular formula is C19H21NO3. The SMILES string of the molecule is COc1ccc(CCC(=O)NCC2COc3ccccc32)cc1. The van der Waals surface area contributed by atoms with Crippen molar-refractivity contribution >= 4 is 5.91 Å². The van der Waals surface area contributed by atoms with Crippen LogP contribution in [0.25, 0.3) is 0 Å². The van der Waals surface area contributed by atoms with E-state index in [0.717, 1.165) is 23.5 Å². The van der Waals surface area contributed by atoms with Gasteiger partial charge in [0.2, 0.25) is 5.91 Å². The van der Waals surface area contributed by atoms with Crippen LogP contribution in [-0.4, -0.2) is 26.2 Å². The molecule has 0 fully saturated rings. The van der Waals surface area contributed by atoms with Gasteiger partial charge in [-0.2, -0.15) is 0 Å². The summed E-state index contributed by atoms with van der Waals surface area (Å²) in [5.41, 5.74) is 2.32. The Balaban J connectivity index is 1.45. The average molecular weight is 311 g/mol. The van der Waals surface area contributed by atoms with Gasteiger partial charge >= 0.3 is 0 Å². The maximum atomic E-state index is 12.0. The van der Waals surface area contributed by atoms with E-state index in [9.17, 15) is 4.79 Å². The number of hydrogen-bond donors (Lipinski definition) is 1. The van der Waals surface area contributed by atoms with Gasteiger partial charge in [-0.05, 0) is 30.2 Å². The van der Waals surface area contributed by atoms with Crippen molar-refractivity contribution < 1.29 is 14.3 Å². The zero-order chi connectivity index (χ0) is 16.1. The highest BCUT2D eigenvalue weighted by molar-refractivity contribution is 5.76. The molecule has 1 N–H and O–H groups in total. The van der Waals surface area contributed by atoms with Crippen LogP contribution in [0.3, 0.4) is 0 Å². The molecule has 0 radical (unpaired) electrons. The Hall–Kier alpha value is -2.49. The van der Waals surface area contributed by atoms with Gasteiger partial charge in [0.1, 0.15) is 11.5 Å². The number of fused-ring (bicyclic) bond motifs is 1. The Morgan fingerprint density at radius 1 is 1.22 bits per heavy atom. The number of carbonyl (C=O) groups is 1. The predicted octanol–water partition coefficient (Wildman–Crippen LogP) is 2.92. The predicted molar refractivity (Wildman–Crippen MR) is 89.0 cm³/mol. The summed E-state index contributed by atoms with van der Waals surface area (Å²) in [6.07, 6.45) is 1.22. The van der Waals surface area contributed by atoms with Crippen LogP contribution in [0, 0.1) is 0 Å². The number of aryl methyl sites for hydroxylation is 1. The van der Waals surface area contributed by atoms with Gasteiger partial charge < -0.3 is 14.8 Å². The lowest BCUT2D eigenvalue weighted by molar-refractivity contribution is -0.121. The van der Waals surface area contributed by atoms with E-state index in [1.54, 1.807) is 7.11 Å². The lowest BCUT2D eigenvalue weighted by Gasteiger charge is -2.10. The first kappa shape index (κ1) is 15.4. The van der Waals surface area contributed by atoms with Crippen molar-refractivity contribution in [3.05, 3.63) is 59.7 Å². The molecule has 1 unspecified atom stereocenters. The molecule has 1 amide bonds. The number of methoxy groups -OCH3 is 1. The van der Waals surface area contributed by atoms with E-state index in [-0.39, 0.29) is 11.8 Å². The largest absolute Gasteiger partial charge is 0.497 e. The van der Waals surface area contributed by atoms with Gasteiger partial charge in [-0.15, -0.1) is 0 Å². The Labute approximate surface area is 136 Å². The van der Waals surface area contributed by atoms with E-state index < -0.39 is 0 Å². The molecule has 0 bridgehead atoms. The molecule has 4 nitrogen and oxygen atoms in total. The van der Waals surface area contributed by atoms with E-state index in [1.165, 1.54) is 5.56 Å². The van der Waals surface area contributed by atoms with E-state index in [0.29, 0.717) is 19.6 Å². The van der Waals surface area contributed by atoms with Gasteiger partial charge in [-0.3, -0.25) is 4.79 Å². The summed E-state index contributed by atoms with van der Waals surface area (Å²) in [5.74, 6) is 2.09. The monoisotopic (exact) mass is 311 g/mol. The van der Waals surface area contributed by atoms with E-state index >= 15 is 0 Å². The minimum Gasteiger partial charge on any atom is -0.497 e. The standard InChI is InChI=1S/C19H21NO3/c1-22-16-9-6-14(7-10-16)8-11-19(21)20-12-15-13-23-18-5-3-2-4-17(15)18/h2-7,9-10,15H,8,11-13H2,1H3,(H,20,21). The highest BCUT2D eigenvalue weighted by Gasteiger charge is 2.23. The second-order valence-electron chi connectivity index (χ2n) is 5.70. The third kappa shape index (κ3) is 3.83. The summed E-state index contributed by atoms with van der Waals surface area (Å²) in [4.78, 5) is 12.0. The van der Waals surface area contributed by atoms with Gasteiger partial charge in [0.05, 0.1) is 13.7 Å². The molecule has 0 aromatic heterocycles. The third-order valence-electron chi connectivity index (χ3n) is 4.14.